The van der Waals surface area contributed by atoms with Crippen LogP contribution in [0, 0.1) is 0 Å². The van der Waals surface area contributed by atoms with E-state index >= 15 is 0 Å². The molecule has 4 rings (SSSR count). The highest BCUT2D eigenvalue weighted by atomic mass is 35.5. The van der Waals surface area contributed by atoms with Gasteiger partial charge in [0.2, 0.25) is 11.0 Å². The lowest BCUT2D eigenvalue weighted by atomic mass is 9.98. The highest BCUT2D eigenvalue weighted by Crippen LogP contribution is 2.36. The SMILES string of the molecule is COc1cc(/C=C2\SC(=S)N(CCC(=O)Nc3nnc(CCCl)s3)C2=O)ccc1OC1CCCCC1. The van der Waals surface area contributed by atoms with Gasteiger partial charge in [0.05, 0.1) is 18.1 Å². The van der Waals surface area contributed by atoms with E-state index in [9.17, 15) is 9.59 Å². The van der Waals surface area contributed by atoms with Crippen molar-refractivity contribution in [2.24, 2.45) is 0 Å². The number of ether oxygens (including phenoxy) is 2. The first-order valence-electron chi connectivity index (χ1n) is 11.7. The fraction of sp³-hybridized carbons (Fsp3) is 0.458. The summed E-state index contributed by atoms with van der Waals surface area (Å²) in [6.45, 7) is 0.179. The molecule has 2 heterocycles. The lowest BCUT2D eigenvalue weighted by Crippen LogP contribution is -2.31. The summed E-state index contributed by atoms with van der Waals surface area (Å²) in [5.41, 5.74) is 0.810. The van der Waals surface area contributed by atoms with E-state index in [2.05, 4.69) is 15.5 Å². The Bertz CT molecular complexity index is 1150. The van der Waals surface area contributed by atoms with Crippen molar-refractivity contribution < 1.29 is 19.1 Å². The third-order valence-corrected chi connectivity index (χ3v) is 8.25. The Morgan fingerprint density at radius 2 is 2.08 bits per heavy atom. The summed E-state index contributed by atoms with van der Waals surface area (Å²) >= 11 is 13.6. The van der Waals surface area contributed by atoms with Gasteiger partial charge in [-0.2, -0.15) is 0 Å². The van der Waals surface area contributed by atoms with Crippen LogP contribution in [0.4, 0.5) is 5.13 Å². The van der Waals surface area contributed by atoms with E-state index in [-0.39, 0.29) is 30.9 Å². The zero-order valence-electron chi connectivity index (χ0n) is 19.8. The first kappa shape index (κ1) is 26.8. The molecule has 2 aromatic rings. The quantitative estimate of drug-likeness (QED) is 0.236. The minimum atomic E-state index is -0.264. The standard InChI is InChI=1S/C24H27ClN4O4S3/c1-32-18-13-15(7-8-17(18)33-16-5-3-2-4-6-16)14-19-22(31)29(24(34)35-19)12-10-20(30)26-23-28-27-21(36-23)9-11-25/h7-8,13-14,16H,2-6,9-12H2,1H3,(H,26,28,30)/b19-14-. The molecule has 1 saturated carbocycles. The number of methoxy groups -OCH3 is 1. The number of nitrogens with one attached hydrogen (secondary N) is 1. The smallest absolute Gasteiger partial charge is 0.266 e. The van der Waals surface area contributed by atoms with Gasteiger partial charge >= 0.3 is 0 Å². The van der Waals surface area contributed by atoms with Gasteiger partial charge in [-0.3, -0.25) is 14.5 Å². The first-order valence-corrected chi connectivity index (χ1v) is 14.3. The summed E-state index contributed by atoms with van der Waals surface area (Å²) < 4.78 is 12.1. The van der Waals surface area contributed by atoms with Crippen LogP contribution in [0.5, 0.6) is 11.5 Å². The highest BCUT2D eigenvalue weighted by molar-refractivity contribution is 8.26. The lowest BCUT2D eigenvalue weighted by molar-refractivity contribution is -0.122. The third kappa shape index (κ3) is 6.96. The number of hydrogen-bond donors (Lipinski definition) is 1. The molecule has 2 aliphatic rings. The number of halogens is 1. The van der Waals surface area contributed by atoms with Crippen LogP contribution in [0.15, 0.2) is 23.1 Å². The molecule has 0 bridgehead atoms. The van der Waals surface area contributed by atoms with Gasteiger partial charge in [0.1, 0.15) is 9.33 Å². The molecule has 0 unspecified atom stereocenters. The van der Waals surface area contributed by atoms with Crippen LogP contribution in [0.25, 0.3) is 6.08 Å². The second-order valence-electron chi connectivity index (χ2n) is 8.36. The minimum Gasteiger partial charge on any atom is -0.493 e. The molecule has 192 valence electrons. The van der Waals surface area contributed by atoms with Crippen LogP contribution in [0.3, 0.4) is 0 Å². The van der Waals surface area contributed by atoms with E-state index in [0.717, 1.165) is 23.4 Å². The Morgan fingerprint density at radius 3 is 2.83 bits per heavy atom. The van der Waals surface area contributed by atoms with Crippen molar-refractivity contribution in [2.45, 2.75) is 51.0 Å². The number of amides is 2. The lowest BCUT2D eigenvalue weighted by Gasteiger charge is -2.24. The van der Waals surface area contributed by atoms with Gasteiger partial charge in [0, 0.05) is 25.3 Å². The van der Waals surface area contributed by atoms with Gasteiger partial charge in [0.15, 0.2) is 11.5 Å². The molecule has 1 aromatic carbocycles. The molecular formula is C24H27ClN4O4S3. The highest BCUT2D eigenvalue weighted by Gasteiger charge is 2.32. The molecule has 2 amide bonds. The van der Waals surface area contributed by atoms with Gasteiger partial charge in [-0.25, -0.2) is 0 Å². The molecule has 1 aliphatic carbocycles. The molecular weight excluding hydrogens is 540 g/mol. The van der Waals surface area contributed by atoms with Crippen molar-refractivity contribution in [3.63, 3.8) is 0 Å². The Balaban J connectivity index is 1.35. The molecule has 8 nitrogen and oxygen atoms in total. The van der Waals surface area contributed by atoms with Gasteiger partial charge in [-0.05, 0) is 49.5 Å². The number of rotatable bonds is 10. The summed E-state index contributed by atoms with van der Waals surface area (Å²) in [6, 6.07) is 5.65. The molecule has 12 heteroatoms. The largest absolute Gasteiger partial charge is 0.493 e. The summed E-state index contributed by atoms with van der Waals surface area (Å²) in [6.07, 6.45) is 8.43. The zero-order valence-corrected chi connectivity index (χ0v) is 23.0. The number of aryl methyl sites for hydroxylation is 1. The van der Waals surface area contributed by atoms with Gasteiger partial charge in [0.25, 0.3) is 5.91 Å². The average molecular weight is 567 g/mol. The number of thioether (sulfide) groups is 1. The number of anilines is 1. The Kier molecular flexibility index (Phi) is 9.58. The van der Waals surface area contributed by atoms with Crippen molar-refractivity contribution in [3.05, 3.63) is 33.7 Å². The van der Waals surface area contributed by atoms with E-state index in [1.165, 1.54) is 47.3 Å². The summed E-state index contributed by atoms with van der Waals surface area (Å²) in [5, 5.41) is 11.8. The minimum absolute atomic E-state index is 0.0885. The number of hydrogen-bond acceptors (Lipinski definition) is 9. The third-order valence-electron chi connectivity index (χ3n) is 5.79. The van der Waals surface area contributed by atoms with Gasteiger partial charge in [-0.1, -0.05) is 47.8 Å². The molecule has 1 aromatic heterocycles. The maximum atomic E-state index is 13.0. The molecule has 36 heavy (non-hydrogen) atoms. The van der Waals surface area contributed by atoms with Crippen molar-refractivity contribution in [3.8, 4) is 11.5 Å². The van der Waals surface area contributed by atoms with Crippen LogP contribution in [0.2, 0.25) is 0 Å². The van der Waals surface area contributed by atoms with Gasteiger partial charge in [-0.15, -0.1) is 21.8 Å². The molecule has 1 N–H and O–H groups in total. The second kappa shape index (κ2) is 12.8. The number of alkyl halides is 1. The Hall–Kier alpha value is -2.21. The molecule has 2 fully saturated rings. The summed E-state index contributed by atoms with van der Waals surface area (Å²) in [4.78, 5) is 27.3. The first-order chi connectivity index (χ1) is 17.5. The predicted octanol–water partition coefficient (Wildman–Crippen LogP) is 5.27. The average Bonchev–Trinajstić information content (AvgIpc) is 3.42. The summed E-state index contributed by atoms with van der Waals surface area (Å²) in [5.74, 6) is 1.30. The summed E-state index contributed by atoms with van der Waals surface area (Å²) in [7, 11) is 1.61. The van der Waals surface area contributed by atoms with Crippen LogP contribution in [-0.4, -0.2) is 56.9 Å². The van der Waals surface area contributed by atoms with Crippen molar-refractivity contribution in [2.75, 3.05) is 24.9 Å². The van der Waals surface area contributed by atoms with Crippen molar-refractivity contribution >= 4 is 74.3 Å². The maximum Gasteiger partial charge on any atom is 0.266 e. The van der Waals surface area contributed by atoms with E-state index in [4.69, 9.17) is 33.3 Å². The number of carbonyl (C=O) groups is 2. The van der Waals surface area contributed by atoms with Crippen molar-refractivity contribution in [1.82, 2.24) is 15.1 Å². The van der Waals surface area contributed by atoms with E-state index in [0.29, 0.717) is 38.2 Å². The fourth-order valence-corrected chi connectivity index (χ4v) is 6.31. The van der Waals surface area contributed by atoms with E-state index in [1.807, 2.05) is 18.2 Å². The topological polar surface area (TPSA) is 93.6 Å². The van der Waals surface area contributed by atoms with E-state index < -0.39 is 0 Å². The maximum absolute atomic E-state index is 13.0. The van der Waals surface area contributed by atoms with Crippen LogP contribution in [0.1, 0.15) is 49.1 Å². The van der Waals surface area contributed by atoms with Crippen LogP contribution in [-0.2, 0) is 16.0 Å². The number of aromatic nitrogens is 2. The molecule has 0 spiro atoms. The monoisotopic (exact) mass is 566 g/mol. The van der Waals surface area contributed by atoms with Crippen LogP contribution >= 0.6 is 46.9 Å². The normalized spacial score (nSPS) is 17.6. The molecule has 0 atom stereocenters. The van der Waals surface area contributed by atoms with Crippen LogP contribution < -0.4 is 14.8 Å². The fourth-order valence-electron chi connectivity index (χ4n) is 3.96. The number of thiocarbonyl (C=S) groups is 1. The predicted molar refractivity (Wildman–Crippen MR) is 148 cm³/mol. The number of carbonyl (C=O) groups excluding carboxylic acids is 2. The molecule has 0 radical (unpaired) electrons. The van der Waals surface area contributed by atoms with Gasteiger partial charge < -0.3 is 14.8 Å². The van der Waals surface area contributed by atoms with E-state index in [1.54, 1.807) is 13.2 Å². The zero-order chi connectivity index (χ0) is 25.5. The molecule has 1 saturated heterocycles. The Morgan fingerprint density at radius 1 is 1.28 bits per heavy atom. The molecule has 1 aliphatic heterocycles. The Labute approximate surface area is 228 Å². The van der Waals surface area contributed by atoms with Crippen molar-refractivity contribution in [1.29, 1.82) is 0 Å². The second-order valence-corrected chi connectivity index (χ2v) is 11.5. The number of benzene rings is 1. The number of nitrogens with zero attached hydrogens (tertiary/aromatic N) is 3.